The highest BCUT2D eigenvalue weighted by Crippen LogP contribution is 2.48. The molecule has 3 nitrogen and oxygen atoms in total. The number of likely N-dealkylation sites (tertiary alicyclic amines) is 3. The maximum absolute atomic E-state index is 2.89. The van der Waals surface area contributed by atoms with E-state index in [1.54, 1.807) is 0 Å². The number of piperazine rings is 1. The van der Waals surface area contributed by atoms with E-state index < -0.39 is 0 Å². The summed E-state index contributed by atoms with van der Waals surface area (Å²) in [5, 5.41) is 0. The first-order chi connectivity index (χ1) is 15.8. The quantitative estimate of drug-likeness (QED) is 0.341. The highest BCUT2D eigenvalue weighted by atomic mass is 15.4. The van der Waals surface area contributed by atoms with Gasteiger partial charge in [-0.05, 0) is 110 Å². The summed E-state index contributed by atoms with van der Waals surface area (Å²) in [6.07, 6.45) is 7.89. The third-order valence-corrected chi connectivity index (χ3v) is 10.7. The molecule has 2 bridgehead atoms. The Morgan fingerprint density at radius 2 is 1.14 bits per heavy atom. The van der Waals surface area contributed by atoms with Crippen molar-refractivity contribution in [2.75, 3.05) is 26.2 Å². The maximum atomic E-state index is 2.89. The molecule has 3 aliphatic heterocycles. The molecule has 0 aromatic carbocycles. The first kappa shape index (κ1) is 33.9. The number of fused-ring (bicyclic) bond motifs is 2. The van der Waals surface area contributed by atoms with E-state index in [4.69, 9.17) is 0 Å². The van der Waals surface area contributed by atoms with E-state index in [9.17, 15) is 0 Å². The summed E-state index contributed by atoms with van der Waals surface area (Å²) in [5.41, 5.74) is 1.61. The van der Waals surface area contributed by atoms with E-state index in [1.165, 1.54) is 64.7 Å². The Morgan fingerprint density at radius 1 is 0.694 bits per heavy atom. The molecule has 3 saturated heterocycles. The Balaban J connectivity index is 0.00000154. The summed E-state index contributed by atoms with van der Waals surface area (Å²) in [6.45, 7) is 38.9. The molecule has 0 spiro atoms. The summed E-state index contributed by atoms with van der Waals surface area (Å²) in [4.78, 5) is 8.46. The van der Waals surface area contributed by atoms with Crippen molar-refractivity contribution in [3.8, 4) is 0 Å². The molecule has 3 fully saturated rings. The normalized spacial score (nSPS) is 25.5. The van der Waals surface area contributed by atoms with Gasteiger partial charge in [0.15, 0.2) is 0 Å². The molecule has 0 saturated carbocycles. The lowest BCUT2D eigenvalue weighted by atomic mass is 9.66. The Bertz CT molecular complexity index is 661. The van der Waals surface area contributed by atoms with Crippen molar-refractivity contribution < 1.29 is 0 Å². The standard InChI is InChI=1S/C29H57N3.C3H8.CH4/c1-13-27(7,8)29(11,12)30-16-14-22(15-17-30)26(5,6)21-28(9,10)32-20-23-18-24(32)19-31(23)25(2,3)4;1-3-2;/h22-24H,13-21H2,1-12H3;3H2,1-2H3;1H4/t23?,24-;;/m0../s1. The van der Waals surface area contributed by atoms with Crippen molar-refractivity contribution in [3.05, 3.63) is 0 Å². The average Bonchev–Trinajstić information content (AvgIpc) is 3.35. The maximum Gasteiger partial charge on any atom is 0.0244 e. The Hall–Kier alpha value is -0.120. The van der Waals surface area contributed by atoms with Gasteiger partial charge in [-0.25, -0.2) is 0 Å². The van der Waals surface area contributed by atoms with E-state index in [1.807, 2.05) is 0 Å². The molecule has 1 unspecified atom stereocenters. The van der Waals surface area contributed by atoms with Crippen LogP contribution >= 0.6 is 0 Å². The van der Waals surface area contributed by atoms with Crippen LogP contribution in [0, 0.1) is 16.7 Å². The van der Waals surface area contributed by atoms with Crippen LogP contribution in [0.15, 0.2) is 0 Å². The fourth-order valence-corrected chi connectivity index (χ4v) is 7.67. The molecule has 3 rings (SSSR count). The largest absolute Gasteiger partial charge is 0.298 e. The van der Waals surface area contributed by atoms with Crippen molar-refractivity contribution in [3.63, 3.8) is 0 Å². The average molecular weight is 508 g/mol. The SMILES string of the molecule is C.CCC.CCC(C)(C)C(C)(C)N1CCC(C(C)(C)CC(C)(C)N2CC3C[C@H]2CN3C(C)(C)C)CC1. The molecule has 0 N–H and O–H groups in total. The number of hydrogen-bond donors (Lipinski definition) is 0. The monoisotopic (exact) mass is 508 g/mol. The van der Waals surface area contributed by atoms with Crippen LogP contribution < -0.4 is 0 Å². The van der Waals surface area contributed by atoms with Gasteiger partial charge in [0.05, 0.1) is 0 Å². The van der Waals surface area contributed by atoms with Crippen LogP contribution in [-0.4, -0.2) is 69.6 Å². The van der Waals surface area contributed by atoms with Gasteiger partial charge in [0, 0.05) is 41.8 Å². The first-order valence-corrected chi connectivity index (χ1v) is 15.1. The van der Waals surface area contributed by atoms with Gasteiger partial charge < -0.3 is 0 Å². The summed E-state index contributed by atoms with van der Waals surface area (Å²) < 4.78 is 0. The molecule has 0 aromatic rings. The van der Waals surface area contributed by atoms with Gasteiger partial charge in [-0.3, -0.25) is 14.7 Å². The first-order valence-electron chi connectivity index (χ1n) is 15.1. The lowest BCUT2D eigenvalue weighted by Crippen LogP contribution is -2.60. The molecular weight excluding hydrogens is 438 g/mol. The van der Waals surface area contributed by atoms with E-state index in [2.05, 4.69) is 112 Å². The van der Waals surface area contributed by atoms with Crippen LogP contribution in [-0.2, 0) is 0 Å². The molecular formula is C33H69N3. The van der Waals surface area contributed by atoms with Gasteiger partial charge in [-0.15, -0.1) is 0 Å². The second-order valence-corrected chi connectivity index (χ2v) is 15.8. The van der Waals surface area contributed by atoms with Gasteiger partial charge >= 0.3 is 0 Å². The topological polar surface area (TPSA) is 9.72 Å². The van der Waals surface area contributed by atoms with E-state index >= 15 is 0 Å². The van der Waals surface area contributed by atoms with Crippen molar-refractivity contribution in [1.29, 1.82) is 0 Å². The molecule has 216 valence electrons. The zero-order valence-corrected chi connectivity index (χ0v) is 26.6. The Labute approximate surface area is 229 Å². The number of piperidine rings is 1. The van der Waals surface area contributed by atoms with Crippen molar-refractivity contribution in [1.82, 2.24) is 14.7 Å². The summed E-state index contributed by atoms with van der Waals surface area (Å²) in [7, 11) is 0. The summed E-state index contributed by atoms with van der Waals surface area (Å²) in [6, 6.07) is 1.51. The predicted molar refractivity (Wildman–Crippen MR) is 163 cm³/mol. The van der Waals surface area contributed by atoms with Gasteiger partial charge in [0.2, 0.25) is 0 Å². The third kappa shape index (κ3) is 7.09. The van der Waals surface area contributed by atoms with Gasteiger partial charge in [0.1, 0.15) is 0 Å². The zero-order chi connectivity index (χ0) is 27.0. The van der Waals surface area contributed by atoms with Crippen LogP contribution in [0.1, 0.15) is 143 Å². The minimum Gasteiger partial charge on any atom is -0.298 e. The highest BCUT2D eigenvalue weighted by Gasteiger charge is 2.52. The molecule has 3 heterocycles. The van der Waals surface area contributed by atoms with Crippen LogP contribution in [0.4, 0.5) is 0 Å². The number of hydrogen-bond acceptors (Lipinski definition) is 3. The predicted octanol–water partition coefficient (Wildman–Crippen LogP) is 8.72. The van der Waals surface area contributed by atoms with E-state index in [0.29, 0.717) is 16.4 Å². The van der Waals surface area contributed by atoms with Crippen molar-refractivity contribution in [2.45, 2.75) is 172 Å². The summed E-state index contributed by atoms with van der Waals surface area (Å²) >= 11 is 0. The van der Waals surface area contributed by atoms with Crippen LogP contribution in [0.5, 0.6) is 0 Å². The number of nitrogens with zero attached hydrogens (tertiary/aromatic N) is 3. The van der Waals surface area contributed by atoms with Crippen molar-refractivity contribution in [2.24, 2.45) is 16.7 Å². The van der Waals surface area contributed by atoms with Gasteiger partial charge in [-0.2, -0.15) is 0 Å². The van der Waals surface area contributed by atoms with Crippen LogP contribution in [0.2, 0.25) is 0 Å². The molecule has 3 aliphatic rings. The fraction of sp³-hybridized carbons (Fsp3) is 1.00. The van der Waals surface area contributed by atoms with Crippen molar-refractivity contribution >= 4 is 0 Å². The lowest BCUT2D eigenvalue weighted by Gasteiger charge is -2.54. The Kier molecular flexibility index (Phi) is 11.3. The third-order valence-electron chi connectivity index (χ3n) is 10.7. The smallest absolute Gasteiger partial charge is 0.0244 e. The van der Waals surface area contributed by atoms with E-state index in [-0.39, 0.29) is 18.5 Å². The molecule has 0 amide bonds. The minimum absolute atomic E-state index is 0. The molecule has 2 atom stereocenters. The second kappa shape index (κ2) is 12.0. The van der Waals surface area contributed by atoms with Gasteiger partial charge in [0.25, 0.3) is 0 Å². The number of rotatable bonds is 7. The van der Waals surface area contributed by atoms with E-state index in [0.717, 1.165) is 18.0 Å². The van der Waals surface area contributed by atoms with Gasteiger partial charge in [-0.1, -0.05) is 62.3 Å². The van der Waals surface area contributed by atoms with Crippen LogP contribution in [0.25, 0.3) is 0 Å². The van der Waals surface area contributed by atoms with Crippen LogP contribution in [0.3, 0.4) is 0 Å². The Morgan fingerprint density at radius 3 is 1.53 bits per heavy atom. The molecule has 3 heteroatoms. The molecule has 0 aliphatic carbocycles. The lowest BCUT2D eigenvalue weighted by molar-refractivity contribution is -0.0448. The fourth-order valence-electron chi connectivity index (χ4n) is 7.67. The second-order valence-electron chi connectivity index (χ2n) is 15.8. The molecule has 36 heavy (non-hydrogen) atoms. The molecule has 0 radical (unpaired) electrons. The summed E-state index contributed by atoms with van der Waals surface area (Å²) in [5.74, 6) is 0.837. The zero-order valence-electron chi connectivity index (χ0n) is 26.6. The minimum atomic E-state index is 0. The highest BCUT2D eigenvalue weighted by molar-refractivity contribution is 5.08. The molecule has 0 aromatic heterocycles.